The number of pyridine rings is 1. The third-order valence-corrected chi connectivity index (χ3v) is 4.21. The van der Waals surface area contributed by atoms with Crippen LogP contribution in [-0.2, 0) is 7.05 Å². The molecule has 0 aliphatic carbocycles. The summed E-state index contributed by atoms with van der Waals surface area (Å²) in [5.74, 6) is 1.28. The number of aryl methyl sites for hydroxylation is 2. The van der Waals surface area contributed by atoms with Gasteiger partial charge in [-0.2, -0.15) is 0 Å². The van der Waals surface area contributed by atoms with E-state index in [9.17, 15) is 4.39 Å². The lowest BCUT2D eigenvalue weighted by molar-refractivity contribution is 0.625. The third kappa shape index (κ3) is 2.53. The normalized spacial score (nSPS) is 11.2. The Morgan fingerprint density at radius 1 is 1.29 bits per heavy atom. The number of benzene rings is 1. The molecule has 0 unspecified atom stereocenters. The van der Waals surface area contributed by atoms with Crippen LogP contribution in [0.15, 0.2) is 35.4 Å². The van der Waals surface area contributed by atoms with Crippen LogP contribution >= 0.6 is 11.8 Å². The van der Waals surface area contributed by atoms with Crippen LogP contribution in [0.25, 0.3) is 22.6 Å². The molecule has 0 radical (unpaired) electrons. The first-order valence-electron chi connectivity index (χ1n) is 6.82. The van der Waals surface area contributed by atoms with Crippen LogP contribution in [0, 0.1) is 12.7 Å². The van der Waals surface area contributed by atoms with Gasteiger partial charge in [0.2, 0.25) is 0 Å². The van der Waals surface area contributed by atoms with E-state index in [-0.39, 0.29) is 5.82 Å². The zero-order valence-corrected chi connectivity index (χ0v) is 13.0. The average molecular weight is 301 g/mol. The fourth-order valence-corrected chi connectivity index (χ4v) is 3.04. The van der Waals surface area contributed by atoms with Crippen molar-refractivity contribution in [3.63, 3.8) is 0 Å². The average Bonchev–Trinajstić information content (AvgIpc) is 2.76. The van der Waals surface area contributed by atoms with E-state index in [0.717, 1.165) is 27.4 Å². The summed E-state index contributed by atoms with van der Waals surface area (Å²) >= 11 is 1.62. The van der Waals surface area contributed by atoms with Gasteiger partial charge in [0, 0.05) is 18.1 Å². The van der Waals surface area contributed by atoms with E-state index in [1.165, 1.54) is 0 Å². The zero-order valence-electron chi connectivity index (χ0n) is 12.2. The first-order chi connectivity index (χ1) is 10.1. The van der Waals surface area contributed by atoms with Gasteiger partial charge in [-0.3, -0.25) is 0 Å². The number of hydrogen-bond acceptors (Lipinski definition) is 3. The van der Waals surface area contributed by atoms with E-state index in [1.807, 2.05) is 30.7 Å². The Kier molecular flexibility index (Phi) is 3.68. The highest BCUT2D eigenvalue weighted by Crippen LogP contribution is 2.28. The molecule has 0 N–H and O–H groups in total. The van der Waals surface area contributed by atoms with Gasteiger partial charge in [0.25, 0.3) is 0 Å². The maximum Gasteiger partial charge on any atom is 0.160 e. The van der Waals surface area contributed by atoms with Gasteiger partial charge in [0.05, 0.1) is 5.56 Å². The maximum atomic E-state index is 14.4. The second-order valence-corrected chi connectivity index (χ2v) is 6.26. The van der Waals surface area contributed by atoms with Crippen molar-refractivity contribution in [3.8, 4) is 11.4 Å². The number of fused-ring (bicyclic) bond motifs is 1. The van der Waals surface area contributed by atoms with Gasteiger partial charge in [-0.05, 0) is 42.5 Å². The number of imidazole rings is 1. The molecule has 3 nitrogen and oxygen atoms in total. The molecular formula is C16H16FN3S. The molecule has 3 rings (SSSR count). The maximum absolute atomic E-state index is 14.4. The minimum atomic E-state index is -0.247. The van der Waals surface area contributed by atoms with Crippen molar-refractivity contribution in [3.05, 3.63) is 41.8 Å². The molecule has 2 aromatic heterocycles. The summed E-state index contributed by atoms with van der Waals surface area (Å²) in [4.78, 5) is 9.85. The Morgan fingerprint density at radius 2 is 2.10 bits per heavy atom. The van der Waals surface area contributed by atoms with Crippen molar-refractivity contribution in [2.45, 2.75) is 18.7 Å². The van der Waals surface area contributed by atoms with Gasteiger partial charge in [-0.15, -0.1) is 11.8 Å². The summed E-state index contributed by atoms with van der Waals surface area (Å²) < 4.78 is 16.2. The second-order valence-electron chi connectivity index (χ2n) is 4.92. The summed E-state index contributed by atoms with van der Waals surface area (Å²) in [6.07, 6.45) is 1.80. The molecule has 2 heterocycles. The Balaban J connectivity index is 2.14. The minimum absolute atomic E-state index is 0.247. The lowest BCUT2D eigenvalue weighted by Gasteiger charge is -2.05. The summed E-state index contributed by atoms with van der Waals surface area (Å²) in [5, 5.41) is 0. The standard InChI is InChI=1S/C16H16FN3S/c1-4-21-11-5-6-12(13(17)8-11)15-19-14-7-10(2)9-18-16(14)20(15)3/h5-9H,4H2,1-3H3. The Labute approximate surface area is 127 Å². The topological polar surface area (TPSA) is 30.7 Å². The fraction of sp³-hybridized carbons (Fsp3) is 0.250. The first kappa shape index (κ1) is 14.1. The van der Waals surface area contributed by atoms with E-state index < -0.39 is 0 Å². The smallest absolute Gasteiger partial charge is 0.160 e. The largest absolute Gasteiger partial charge is 0.312 e. The minimum Gasteiger partial charge on any atom is -0.312 e. The molecule has 5 heteroatoms. The molecular weight excluding hydrogens is 285 g/mol. The van der Waals surface area contributed by atoms with Crippen LogP contribution < -0.4 is 0 Å². The van der Waals surface area contributed by atoms with E-state index in [0.29, 0.717) is 11.4 Å². The summed E-state index contributed by atoms with van der Waals surface area (Å²) in [6.45, 7) is 4.02. The van der Waals surface area contributed by atoms with Crippen molar-refractivity contribution < 1.29 is 4.39 Å². The highest BCUT2D eigenvalue weighted by Gasteiger charge is 2.15. The predicted octanol–water partition coefficient (Wildman–Crippen LogP) is 4.19. The van der Waals surface area contributed by atoms with Crippen molar-refractivity contribution in [1.82, 2.24) is 14.5 Å². The fourth-order valence-electron chi connectivity index (χ4n) is 2.35. The molecule has 0 aliphatic rings. The summed E-state index contributed by atoms with van der Waals surface area (Å²) in [6, 6.07) is 7.26. The van der Waals surface area contributed by atoms with E-state index in [2.05, 4.69) is 16.9 Å². The Bertz CT molecular complexity index is 811. The molecule has 0 saturated carbocycles. The zero-order chi connectivity index (χ0) is 15.0. The van der Waals surface area contributed by atoms with E-state index in [4.69, 9.17) is 0 Å². The van der Waals surface area contributed by atoms with Gasteiger partial charge in [-0.1, -0.05) is 6.92 Å². The van der Waals surface area contributed by atoms with Crippen molar-refractivity contribution in [2.75, 3.05) is 5.75 Å². The van der Waals surface area contributed by atoms with Gasteiger partial charge in [0.15, 0.2) is 5.65 Å². The van der Waals surface area contributed by atoms with Gasteiger partial charge in [-0.25, -0.2) is 14.4 Å². The lowest BCUT2D eigenvalue weighted by atomic mass is 10.2. The number of nitrogens with zero attached hydrogens (tertiary/aromatic N) is 3. The molecule has 0 amide bonds. The molecule has 3 aromatic rings. The molecule has 0 fully saturated rings. The molecule has 0 saturated heterocycles. The molecule has 108 valence electrons. The second kappa shape index (κ2) is 5.48. The highest BCUT2D eigenvalue weighted by atomic mass is 32.2. The Hall–Kier alpha value is -1.88. The van der Waals surface area contributed by atoms with E-state index >= 15 is 0 Å². The van der Waals surface area contributed by atoms with Crippen molar-refractivity contribution in [2.24, 2.45) is 7.05 Å². The van der Waals surface area contributed by atoms with Crippen LogP contribution in [0.1, 0.15) is 12.5 Å². The Morgan fingerprint density at radius 3 is 2.81 bits per heavy atom. The van der Waals surface area contributed by atoms with Crippen molar-refractivity contribution in [1.29, 1.82) is 0 Å². The monoisotopic (exact) mass is 301 g/mol. The third-order valence-electron chi connectivity index (χ3n) is 3.34. The highest BCUT2D eigenvalue weighted by molar-refractivity contribution is 7.99. The van der Waals surface area contributed by atoms with Crippen LogP contribution in [0.5, 0.6) is 0 Å². The molecule has 21 heavy (non-hydrogen) atoms. The number of aromatic nitrogens is 3. The number of halogens is 1. The van der Waals surface area contributed by atoms with Gasteiger partial charge < -0.3 is 4.57 Å². The van der Waals surface area contributed by atoms with Gasteiger partial charge in [0.1, 0.15) is 17.2 Å². The van der Waals surface area contributed by atoms with E-state index in [1.54, 1.807) is 30.1 Å². The molecule has 0 atom stereocenters. The predicted molar refractivity (Wildman–Crippen MR) is 85.0 cm³/mol. The number of thioether (sulfide) groups is 1. The van der Waals surface area contributed by atoms with Gasteiger partial charge >= 0.3 is 0 Å². The quantitative estimate of drug-likeness (QED) is 0.679. The molecule has 0 aliphatic heterocycles. The molecule has 0 bridgehead atoms. The molecule has 1 aromatic carbocycles. The van der Waals surface area contributed by atoms with Crippen LogP contribution in [0.3, 0.4) is 0 Å². The van der Waals surface area contributed by atoms with Crippen LogP contribution in [0.4, 0.5) is 4.39 Å². The van der Waals surface area contributed by atoms with Crippen LogP contribution in [0.2, 0.25) is 0 Å². The first-order valence-corrected chi connectivity index (χ1v) is 7.80. The number of rotatable bonds is 3. The number of hydrogen-bond donors (Lipinski definition) is 0. The summed E-state index contributed by atoms with van der Waals surface area (Å²) in [7, 11) is 1.86. The van der Waals surface area contributed by atoms with Crippen molar-refractivity contribution >= 4 is 22.9 Å². The SMILES string of the molecule is CCSc1ccc(-c2nc3cc(C)cnc3n2C)c(F)c1. The summed E-state index contributed by atoms with van der Waals surface area (Å²) in [5.41, 5.74) is 3.11. The molecule has 0 spiro atoms. The van der Waals surface area contributed by atoms with Crippen LogP contribution in [-0.4, -0.2) is 20.3 Å². The lowest BCUT2D eigenvalue weighted by Crippen LogP contribution is -1.96.